The lowest BCUT2D eigenvalue weighted by Gasteiger charge is -2.15. The third-order valence-electron chi connectivity index (χ3n) is 14.2. The Hall–Kier alpha value is -2.92. The molecule has 0 bridgehead atoms. The minimum atomic E-state index is -0.775. The Bertz CT molecular complexity index is 1350. The highest BCUT2D eigenvalue weighted by atomic mass is 16.6. The number of hydrogen-bond acceptors (Lipinski definition) is 5. The summed E-state index contributed by atoms with van der Waals surface area (Å²) in [6, 6.07) is 0. The molecule has 0 rings (SSSR count). The van der Waals surface area contributed by atoms with Gasteiger partial charge >= 0.3 is 11.9 Å². The maximum Gasteiger partial charge on any atom is 0.306 e. The normalized spacial score (nSPS) is 12.7. The molecule has 0 heterocycles. The molecule has 1 unspecified atom stereocenters. The fourth-order valence-corrected chi connectivity index (χ4v) is 9.38. The van der Waals surface area contributed by atoms with E-state index in [-0.39, 0.29) is 25.2 Å². The van der Waals surface area contributed by atoms with Gasteiger partial charge in [0.15, 0.2) is 6.10 Å². The number of rotatable bonds is 59. The van der Waals surface area contributed by atoms with Crippen molar-refractivity contribution in [3.8, 4) is 0 Å². The summed E-state index contributed by atoms with van der Waals surface area (Å²) < 4.78 is 10.7. The molecular weight excluding hydrogens is 909 g/mol. The van der Waals surface area contributed by atoms with Crippen LogP contribution in [0.15, 0.2) is 85.1 Å². The summed E-state index contributed by atoms with van der Waals surface area (Å²) in [7, 11) is 0. The fraction of sp³-hybridized carbons (Fsp3) is 0.768. The molecule has 0 amide bonds. The molecule has 0 saturated carbocycles. The maximum atomic E-state index is 12.3. The Morgan fingerprint density at radius 2 is 0.581 bits per heavy atom. The van der Waals surface area contributed by atoms with Crippen LogP contribution in [-0.2, 0) is 19.1 Å². The van der Waals surface area contributed by atoms with E-state index in [9.17, 15) is 14.7 Å². The molecule has 0 aliphatic carbocycles. The van der Waals surface area contributed by atoms with Gasteiger partial charge in [0.1, 0.15) is 6.61 Å². The summed E-state index contributed by atoms with van der Waals surface area (Å²) in [5, 5.41) is 9.69. The van der Waals surface area contributed by atoms with Gasteiger partial charge in [-0.05, 0) is 89.9 Å². The molecule has 1 N–H and O–H groups in total. The van der Waals surface area contributed by atoms with Crippen molar-refractivity contribution < 1.29 is 24.2 Å². The van der Waals surface area contributed by atoms with Crippen LogP contribution < -0.4 is 0 Å². The highest BCUT2D eigenvalue weighted by Gasteiger charge is 2.16. The van der Waals surface area contributed by atoms with E-state index >= 15 is 0 Å². The molecule has 74 heavy (non-hydrogen) atoms. The molecule has 0 radical (unpaired) electrons. The van der Waals surface area contributed by atoms with Gasteiger partial charge in [-0.15, -0.1) is 0 Å². The van der Waals surface area contributed by atoms with Crippen LogP contribution in [0.5, 0.6) is 0 Å². The number of esters is 2. The number of carbonyl (C=O) groups is 2. The predicted octanol–water partition coefficient (Wildman–Crippen LogP) is 22.1. The number of aliphatic hydroxyl groups is 1. The minimum absolute atomic E-state index is 0.0649. The summed E-state index contributed by atoms with van der Waals surface area (Å²) >= 11 is 0. The number of aliphatic hydroxyl groups excluding tert-OH is 1. The van der Waals surface area contributed by atoms with Crippen molar-refractivity contribution in [1.82, 2.24) is 0 Å². The van der Waals surface area contributed by atoms with Gasteiger partial charge in [-0.1, -0.05) is 304 Å². The largest absolute Gasteiger partial charge is 0.462 e. The SMILES string of the molecule is CC/C=C\C/C=C\C/C=C\C/C=C\C/C=C\CCCCCCCCCCCCCCCCCCCC(=O)OC(CO)COC(=O)CCCCCCCCCCCCCCCCC/C=C\C/C=C\CCCCCCC. The topological polar surface area (TPSA) is 72.8 Å². The van der Waals surface area contributed by atoms with Gasteiger partial charge in [-0.25, -0.2) is 0 Å². The van der Waals surface area contributed by atoms with Crippen LogP contribution in [0, 0.1) is 0 Å². The monoisotopic (exact) mass is 1030 g/mol. The second kappa shape index (κ2) is 64.4. The summed E-state index contributed by atoms with van der Waals surface area (Å²) in [4.78, 5) is 24.6. The quantitative estimate of drug-likeness (QED) is 0.0373. The van der Waals surface area contributed by atoms with E-state index in [4.69, 9.17) is 9.47 Å². The summed E-state index contributed by atoms with van der Waals surface area (Å²) in [6.07, 6.45) is 90.1. The fourth-order valence-electron chi connectivity index (χ4n) is 9.38. The zero-order chi connectivity index (χ0) is 53.4. The number of ether oxygens (including phenoxy) is 2. The van der Waals surface area contributed by atoms with Crippen LogP contribution in [0.25, 0.3) is 0 Å². The average molecular weight is 1030 g/mol. The van der Waals surface area contributed by atoms with Crippen LogP contribution >= 0.6 is 0 Å². The smallest absolute Gasteiger partial charge is 0.306 e. The first-order valence-electron chi connectivity index (χ1n) is 32.1. The highest BCUT2D eigenvalue weighted by molar-refractivity contribution is 5.70. The van der Waals surface area contributed by atoms with Crippen molar-refractivity contribution in [3.63, 3.8) is 0 Å². The van der Waals surface area contributed by atoms with E-state index in [1.165, 1.54) is 218 Å². The maximum absolute atomic E-state index is 12.3. The number of hydrogen-bond donors (Lipinski definition) is 1. The third kappa shape index (κ3) is 61.6. The van der Waals surface area contributed by atoms with Gasteiger partial charge < -0.3 is 14.6 Å². The van der Waals surface area contributed by atoms with Gasteiger partial charge in [0.25, 0.3) is 0 Å². The molecule has 428 valence electrons. The molecular formula is C69H122O5. The number of unbranched alkanes of at least 4 members (excludes halogenated alkanes) is 37. The molecule has 0 fully saturated rings. The third-order valence-corrected chi connectivity index (χ3v) is 14.2. The lowest BCUT2D eigenvalue weighted by Crippen LogP contribution is -2.28. The van der Waals surface area contributed by atoms with Gasteiger partial charge in [-0.2, -0.15) is 0 Å². The van der Waals surface area contributed by atoms with Crippen molar-refractivity contribution >= 4 is 11.9 Å². The Kier molecular flexibility index (Phi) is 61.8. The van der Waals surface area contributed by atoms with E-state index in [1.54, 1.807) is 0 Å². The number of allylic oxidation sites excluding steroid dienone is 14. The molecule has 5 heteroatoms. The van der Waals surface area contributed by atoms with E-state index in [0.717, 1.165) is 77.0 Å². The lowest BCUT2D eigenvalue weighted by molar-refractivity contribution is -0.161. The first-order chi connectivity index (χ1) is 36.6. The van der Waals surface area contributed by atoms with Gasteiger partial charge in [0.2, 0.25) is 0 Å². The molecule has 0 aliphatic rings. The first-order valence-corrected chi connectivity index (χ1v) is 32.1. The van der Waals surface area contributed by atoms with E-state index in [1.807, 2.05) is 0 Å². The molecule has 5 nitrogen and oxygen atoms in total. The Balaban J connectivity index is 3.45. The van der Waals surface area contributed by atoms with E-state index in [0.29, 0.717) is 12.8 Å². The second-order valence-corrected chi connectivity index (χ2v) is 21.5. The van der Waals surface area contributed by atoms with Crippen LogP contribution in [0.1, 0.15) is 322 Å². The van der Waals surface area contributed by atoms with Crippen LogP contribution in [-0.4, -0.2) is 36.4 Å². The van der Waals surface area contributed by atoms with Gasteiger partial charge in [-0.3, -0.25) is 9.59 Å². The molecule has 0 aliphatic heterocycles. The van der Waals surface area contributed by atoms with Crippen molar-refractivity contribution in [2.75, 3.05) is 13.2 Å². The zero-order valence-corrected chi connectivity index (χ0v) is 49.1. The average Bonchev–Trinajstić information content (AvgIpc) is 3.40. The first kappa shape index (κ1) is 71.1. The molecule has 1 atom stereocenters. The number of carbonyl (C=O) groups excluding carboxylic acids is 2. The summed E-state index contributed by atoms with van der Waals surface area (Å²) in [6.45, 7) is 4.05. The summed E-state index contributed by atoms with van der Waals surface area (Å²) in [5.74, 6) is -0.578. The molecule has 0 aromatic heterocycles. The minimum Gasteiger partial charge on any atom is -0.462 e. The standard InChI is InChI=1S/C69H122O5/c1-3-5-7-9-11-13-15-17-19-21-23-25-27-29-31-32-33-34-35-36-38-40-42-44-46-48-50-52-54-56-58-60-62-64-69(72)74-67(65-70)66-73-68(71)63-61-59-57-55-53-51-49-47-45-43-41-39-37-30-28-26-24-22-20-18-16-14-12-10-8-6-4-2/h5,7,11,13,16-19,22-25,29,31,67,70H,3-4,6,8-10,12,14-15,20-21,26-28,30,32-66H2,1-2H3/b7-5-,13-11-,18-16-,19-17-,24-22-,25-23-,31-29-. The van der Waals surface area contributed by atoms with Crippen LogP contribution in [0.4, 0.5) is 0 Å². The van der Waals surface area contributed by atoms with Crippen LogP contribution in [0.2, 0.25) is 0 Å². The van der Waals surface area contributed by atoms with Crippen LogP contribution in [0.3, 0.4) is 0 Å². The summed E-state index contributed by atoms with van der Waals surface area (Å²) in [5.41, 5.74) is 0. The van der Waals surface area contributed by atoms with Gasteiger partial charge in [0, 0.05) is 12.8 Å². The second-order valence-electron chi connectivity index (χ2n) is 21.5. The van der Waals surface area contributed by atoms with E-state index < -0.39 is 6.10 Å². The lowest BCUT2D eigenvalue weighted by atomic mass is 10.0. The Morgan fingerprint density at radius 3 is 0.878 bits per heavy atom. The Morgan fingerprint density at radius 1 is 0.324 bits per heavy atom. The van der Waals surface area contributed by atoms with Crippen molar-refractivity contribution in [3.05, 3.63) is 85.1 Å². The Labute approximate surface area is 460 Å². The van der Waals surface area contributed by atoms with Crippen molar-refractivity contribution in [1.29, 1.82) is 0 Å². The molecule has 0 aromatic carbocycles. The molecule has 0 aromatic rings. The van der Waals surface area contributed by atoms with Crippen molar-refractivity contribution in [2.24, 2.45) is 0 Å². The van der Waals surface area contributed by atoms with Gasteiger partial charge in [0.05, 0.1) is 6.61 Å². The molecule has 0 saturated heterocycles. The van der Waals surface area contributed by atoms with E-state index in [2.05, 4.69) is 98.9 Å². The molecule has 0 spiro atoms. The highest BCUT2D eigenvalue weighted by Crippen LogP contribution is 2.17. The zero-order valence-electron chi connectivity index (χ0n) is 49.1. The predicted molar refractivity (Wildman–Crippen MR) is 325 cm³/mol. The van der Waals surface area contributed by atoms with Crippen molar-refractivity contribution in [2.45, 2.75) is 328 Å².